The summed E-state index contributed by atoms with van der Waals surface area (Å²) in [6, 6.07) is 15.6. The molecule has 0 bridgehead atoms. The third kappa shape index (κ3) is 3.05. The van der Waals surface area contributed by atoms with Gasteiger partial charge in [-0.1, -0.05) is 18.2 Å². The Balaban J connectivity index is 1.93. The van der Waals surface area contributed by atoms with Gasteiger partial charge in [0.25, 0.3) is 0 Å². The minimum Gasteiger partial charge on any atom is -0.384 e. The van der Waals surface area contributed by atoms with Crippen molar-refractivity contribution >= 4 is 5.69 Å². The number of nitrogens with one attached hydrogen (secondary N) is 1. The first-order valence-corrected chi connectivity index (χ1v) is 5.53. The summed E-state index contributed by atoms with van der Waals surface area (Å²) in [6.45, 7) is 0.774. The van der Waals surface area contributed by atoms with E-state index >= 15 is 0 Å². The van der Waals surface area contributed by atoms with Crippen LogP contribution in [-0.4, -0.2) is 11.5 Å². The summed E-state index contributed by atoms with van der Waals surface area (Å²) in [4.78, 5) is 4.25. The van der Waals surface area contributed by atoms with Crippen molar-refractivity contribution in [1.82, 2.24) is 4.98 Å². The fourth-order valence-corrected chi connectivity index (χ4v) is 1.61. The molecule has 3 nitrogen and oxygen atoms in total. The Labute approximate surface area is 101 Å². The lowest BCUT2D eigenvalue weighted by molar-refractivity contribution is 0.961. The number of nitrogens with zero attached hydrogens (tertiary/aromatic N) is 2. The van der Waals surface area contributed by atoms with Gasteiger partial charge in [-0.2, -0.15) is 5.26 Å². The van der Waals surface area contributed by atoms with E-state index in [4.69, 9.17) is 5.26 Å². The van der Waals surface area contributed by atoms with E-state index in [2.05, 4.69) is 16.4 Å². The highest BCUT2D eigenvalue weighted by Crippen LogP contribution is 2.13. The molecule has 1 N–H and O–H groups in total. The smallest absolute Gasteiger partial charge is 0.101 e. The van der Waals surface area contributed by atoms with E-state index in [0.29, 0.717) is 5.56 Å². The minimum atomic E-state index is 0.675. The molecule has 0 saturated heterocycles. The van der Waals surface area contributed by atoms with Gasteiger partial charge in [-0.15, -0.1) is 0 Å². The van der Waals surface area contributed by atoms with Crippen LogP contribution in [0, 0.1) is 11.3 Å². The molecule has 2 rings (SSSR count). The molecule has 0 radical (unpaired) electrons. The van der Waals surface area contributed by atoms with Gasteiger partial charge >= 0.3 is 0 Å². The van der Waals surface area contributed by atoms with Crippen LogP contribution in [0.5, 0.6) is 0 Å². The van der Waals surface area contributed by atoms with E-state index in [9.17, 15) is 0 Å². The zero-order valence-corrected chi connectivity index (χ0v) is 9.43. The normalized spacial score (nSPS) is 9.59. The molecule has 2 aromatic rings. The zero-order chi connectivity index (χ0) is 11.9. The first-order chi connectivity index (χ1) is 8.40. The fraction of sp³-hybridized carbons (Fsp3) is 0.143. The van der Waals surface area contributed by atoms with E-state index in [1.165, 1.54) is 0 Å². The predicted octanol–water partition coefficient (Wildman–Crippen LogP) is 2.61. The number of anilines is 1. The lowest BCUT2D eigenvalue weighted by atomic mass is 10.2. The van der Waals surface area contributed by atoms with E-state index in [1.54, 1.807) is 6.20 Å². The standard InChI is InChI=1S/C14H13N3/c15-11-12-5-1-2-7-14(12)17-10-8-13-6-3-4-9-16-13/h1-7,9,17H,8,10H2. The van der Waals surface area contributed by atoms with E-state index in [1.807, 2.05) is 42.5 Å². The Kier molecular flexibility index (Phi) is 3.72. The third-order valence-electron chi connectivity index (χ3n) is 2.47. The molecule has 17 heavy (non-hydrogen) atoms. The molecule has 0 aliphatic heterocycles. The van der Waals surface area contributed by atoms with Crippen LogP contribution < -0.4 is 5.32 Å². The van der Waals surface area contributed by atoms with E-state index < -0.39 is 0 Å². The van der Waals surface area contributed by atoms with Crippen LogP contribution in [0.15, 0.2) is 48.7 Å². The van der Waals surface area contributed by atoms with Gasteiger partial charge in [-0.05, 0) is 24.3 Å². The van der Waals surface area contributed by atoms with Crippen LogP contribution in [0.25, 0.3) is 0 Å². The summed E-state index contributed by atoms with van der Waals surface area (Å²) in [5.74, 6) is 0. The monoisotopic (exact) mass is 223 g/mol. The van der Waals surface area contributed by atoms with Gasteiger partial charge in [0.2, 0.25) is 0 Å². The highest BCUT2D eigenvalue weighted by atomic mass is 14.9. The fourth-order valence-electron chi connectivity index (χ4n) is 1.61. The summed E-state index contributed by atoms with van der Waals surface area (Å²) >= 11 is 0. The highest BCUT2D eigenvalue weighted by Gasteiger charge is 1.99. The minimum absolute atomic E-state index is 0.675. The van der Waals surface area contributed by atoms with E-state index in [-0.39, 0.29) is 0 Å². The predicted molar refractivity (Wildman–Crippen MR) is 67.6 cm³/mol. The molecule has 1 heterocycles. The number of hydrogen-bond acceptors (Lipinski definition) is 3. The molecular formula is C14H13N3. The first-order valence-electron chi connectivity index (χ1n) is 5.53. The van der Waals surface area contributed by atoms with Crippen molar-refractivity contribution < 1.29 is 0 Å². The molecule has 0 amide bonds. The van der Waals surface area contributed by atoms with Crippen LogP contribution in [0.3, 0.4) is 0 Å². The van der Waals surface area contributed by atoms with Crippen molar-refractivity contribution in [2.45, 2.75) is 6.42 Å². The van der Waals surface area contributed by atoms with E-state index in [0.717, 1.165) is 24.3 Å². The second-order valence-electron chi connectivity index (χ2n) is 3.66. The van der Waals surface area contributed by atoms with Crippen LogP contribution in [-0.2, 0) is 6.42 Å². The molecule has 0 saturated carbocycles. The average molecular weight is 223 g/mol. The topological polar surface area (TPSA) is 48.7 Å². The van der Waals surface area contributed by atoms with Crippen molar-refractivity contribution in [3.05, 3.63) is 59.9 Å². The summed E-state index contributed by atoms with van der Waals surface area (Å²) in [5, 5.41) is 12.2. The maximum absolute atomic E-state index is 8.93. The summed E-state index contributed by atoms with van der Waals surface area (Å²) in [7, 11) is 0. The molecule has 0 aliphatic rings. The van der Waals surface area contributed by atoms with Gasteiger partial charge < -0.3 is 5.32 Å². The first kappa shape index (κ1) is 11.2. The average Bonchev–Trinajstić information content (AvgIpc) is 2.40. The quantitative estimate of drug-likeness (QED) is 0.866. The molecule has 84 valence electrons. The van der Waals surface area contributed by atoms with Crippen molar-refractivity contribution in [3.8, 4) is 6.07 Å². The number of benzene rings is 1. The van der Waals surface area contributed by atoms with Crippen molar-refractivity contribution in [2.24, 2.45) is 0 Å². The largest absolute Gasteiger partial charge is 0.384 e. The third-order valence-corrected chi connectivity index (χ3v) is 2.47. The van der Waals surface area contributed by atoms with Gasteiger partial charge in [0.05, 0.1) is 11.3 Å². The Hall–Kier alpha value is -2.34. The molecule has 3 heteroatoms. The Morgan fingerprint density at radius 3 is 2.71 bits per heavy atom. The molecular weight excluding hydrogens is 210 g/mol. The van der Waals surface area contributed by atoms with Gasteiger partial charge in [0.15, 0.2) is 0 Å². The lowest BCUT2D eigenvalue weighted by Gasteiger charge is -2.07. The Morgan fingerprint density at radius 1 is 1.12 bits per heavy atom. The van der Waals surface area contributed by atoms with Gasteiger partial charge in [0.1, 0.15) is 6.07 Å². The van der Waals surface area contributed by atoms with Gasteiger partial charge in [-0.25, -0.2) is 0 Å². The number of hydrogen-bond donors (Lipinski definition) is 1. The number of rotatable bonds is 4. The number of para-hydroxylation sites is 1. The maximum atomic E-state index is 8.93. The van der Waals surface area contributed by atoms with Crippen LogP contribution in [0.4, 0.5) is 5.69 Å². The SMILES string of the molecule is N#Cc1ccccc1NCCc1ccccn1. The van der Waals surface area contributed by atoms with Crippen LogP contribution >= 0.6 is 0 Å². The zero-order valence-electron chi connectivity index (χ0n) is 9.43. The van der Waals surface area contributed by atoms with Gasteiger partial charge in [0, 0.05) is 24.9 Å². The lowest BCUT2D eigenvalue weighted by Crippen LogP contribution is -2.06. The maximum Gasteiger partial charge on any atom is 0.101 e. The van der Waals surface area contributed by atoms with Crippen LogP contribution in [0.2, 0.25) is 0 Å². The second kappa shape index (κ2) is 5.66. The van der Waals surface area contributed by atoms with Crippen molar-refractivity contribution in [3.63, 3.8) is 0 Å². The van der Waals surface area contributed by atoms with Crippen molar-refractivity contribution in [1.29, 1.82) is 5.26 Å². The molecule has 0 atom stereocenters. The molecule has 1 aromatic carbocycles. The molecule has 0 fully saturated rings. The van der Waals surface area contributed by atoms with Crippen molar-refractivity contribution in [2.75, 3.05) is 11.9 Å². The molecule has 0 unspecified atom stereocenters. The highest BCUT2D eigenvalue weighted by molar-refractivity contribution is 5.57. The Morgan fingerprint density at radius 2 is 1.94 bits per heavy atom. The van der Waals surface area contributed by atoms with Crippen LogP contribution in [0.1, 0.15) is 11.3 Å². The molecule has 0 spiro atoms. The Bertz CT molecular complexity index is 514. The second-order valence-corrected chi connectivity index (χ2v) is 3.66. The van der Waals surface area contributed by atoms with Gasteiger partial charge in [-0.3, -0.25) is 4.98 Å². The number of aromatic nitrogens is 1. The molecule has 0 aliphatic carbocycles. The number of pyridine rings is 1. The summed E-state index contributed by atoms with van der Waals surface area (Å²) in [6.07, 6.45) is 2.64. The molecule has 1 aromatic heterocycles. The summed E-state index contributed by atoms with van der Waals surface area (Å²) < 4.78 is 0. The number of nitriles is 1. The summed E-state index contributed by atoms with van der Waals surface area (Å²) in [5.41, 5.74) is 2.61.